The average molecular weight is 302 g/mol. The number of hydrogen-bond acceptors (Lipinski definition) is 3. The molecule has 0 N–H and O–H groups in total. The van der Waals surface area contributed by atoms with Crippen LogP contribution in [0.15, 0.2) is 23.3 Å². The SMILES string of the molecule is C/C1=C/CC[C@@]2(C)O[C@@H]2C(=O)C2=CCC[C@@](C)(CC1)[C@@H]2C=O. The molecule has 3 aliphatic rings. The van der Waals surface area contributed by atoms with E-state index in [9.17, 15) is 9.59 Å². The Morgan fingerprint density at radius 3 is 2.64 bits per heavy atom. The number of carbonyl (C=O) groups excluding carboxylic acids is 2. The summed E-state index contributed by atoms with van der Waals surface area (Å²) in [5, 5.41) is 0. The first-order valence-electron chi connectivity index (χ1n) is 8.43. The van der Waals surface area contributed by atoms with Crippen LogP contribution in [-0.2, 0) is 14.3 Å². The highest BCUT2D eigenvalue weighted by molar-refractivity contribution is 6.04. The molecule has 0 radical (unpaired) electrons. The van der Waals surface area contributed by atoms with Crippen molar-refractivity contribution in [2.75, 3.05) is 0 Å². The molecule has 4 atom stereocenters. The van der Waals surface area contributed by atoms with Gasteiger partial charge in [0.05, 0.1) is 0 Å². The van der Waals surface area contributed by atoms with Gasteiger partial charge in [-0.05, 0) is 57.8 Å². The number of carbonyl (C=O) groups is 2. The van der Waals surface area contributed by atoms with Gasteiger partial charge in [0, 0.05) is 11.5 Å². The lowest BCUT2D eigenvalue weighted by Gasteiger charge is -2.39. The van der Waals surface area contributed by atoms with Crippen molar-refractivity contribution >= 4 is 12.1 Å². The van der Waals surface area contributed by atoms with E-state index >= 15 is 0 Å². The molecule has 0 saturated carbocycles. The van der Waals surface area contributed by atoms with Crippen LogP contribution in [0.3, 0.4) is 0 Å². The maximum absolute atomic E-state index is 12.8. The lowest BCUT2D eigenvalue weighted by molar-refractivity contribution is -0.121. The molecule has 0 spiro atoms. The number of ether oxygens (including phenoxy) is 1. The summed E-state index contributed by atoms with van der Waals surface area (Å²) < 4.78 is 5.75. The zero-order valence-corrected chi connectivity index (χ0v) is 13.9. The van der Waals surface area contributed by atoms with Crippen molar-refractivity contribution < 1.29 is 14.3 Å². The molecule has 0 aromatic rings. The summed E-state index contributed by atoms with van der Waals surface area (Å²) in [6.45, 7) is 6.35. The zero-order valence-electron chi connectivity index (χ0n) is 13.9. The molecule has 1 heterocycles. The normalized spacial score (nSPS) is 44.6. The van der Waals surface area contributed by atoms with E-state index in [0.717, 1.165) is 44.8 Å². The number of allylic oxidation sites excluding steroid dienone is 3. The fourth-order valence-corrected chi connectivity index (χ4v) is 4.08. The second-order valence-electron chi connectivity index (χ2n) is 7.73. The standard InChI is InChI=1S/C19H26O3/c1-13-6-4-10-19(3)17(22-19)16(21)14-7-5-9-18(2,11-8-13)15(14)12-20/h6-7,12,15,17H,4-5,8-11H2,1-3H3/b13-6-/t15-,17-,18+,19-/m1/s1. The molecule has 1 saturated heterocycles. The number of hydrogen-bond donors (Lipinski definition) is 0. The molecule has 0 aromatic carbocycles. The Morgan fingerprint density at radius 1 is 1.18 bits per heavy atom. The monoisotopic (exact) mass is 302 g/mol. The largest absolute Gasteiger partial charge is 0.358 e. The van der Waals surface area contributed by atoms with E-state index in [0.29, 0.717) is 5.57 Å². The van der Waals surface area contributed by atoms with Gasteiger partial charge in [0.25, 0.3) is 0 Å². The molecule has 120 valence electrons. The summed E-state index contributed by atoms with van der Waals surface area (Å²) in [4.78, 5) is 24.6. The Bertz CT molecular complexity index is 559. The molecule has 3 nitrogen and oxygen atoms in total. The Morgan fingerprint density at radius 2 is 1.91 bits per heavy atom. The minimum Gasteiger partial charge on any atom is -0.358 e. The van der Waals surface area contributed by atoms with Crippen LogP contribution in [-0.4, -0.2) is 23.8 Å². The molecular formula is C19H26O3. The van der Waals surface area contributed by atoms with Crippen molar-refractivity contribution in [3.05, 3.63) is 23.3 Å². The molecule has 0 unspecified atom stereocenters. The fraction of sp³-hybridized carbons (Fsp3) is 0.684. The van der Waals surface area contributed by atoms with Crippen LogP contribution >= 0.6 is 0 Å². The molecule has 2 aliphatic carbocycles. The summed E-state index contributed by atoms with van der Waals surface area (Å²) in [7, 11) is 0. The van der Waals surface area contributed by atoms with Gasteiger partial charge < -0.3 is 9.53 Å². The van der Waals surface area contributed by atoms with Crippen molar-refractivity contribution in [1.29, 1.82) is 0 Å². The first-order chi connectivity index (χ1) is 10.4. The van der Waals surface area contributed by atoms with Gasteiger partial charge in [-0.1, -0.05) is 24.6 Å². The van der Waals surface area contributed by atoms with Crippen molar-refractivity contribution in [3.8, 4) is 0 Å². The number of epoxide rings is 1. The van der Waals surface area contributed by atoms with Gasteiger partial charge in [-0.2, -0.15) is 0 Å². The van der Waals surface area contributed by atoms with E-state index in [4.69, 9.17) is 4.74 Å². The maximum atomic E-state index is 12.8. The molecule has 3 rings (SSSR count). The van der Waals surface area contributed by atoms with E-state index in [1.165, 1.54) is 5.57 Å². The number of Topliss-reactive ketones (excluding diaryl/α,β-unsaturated/α-hetero) is 1. The highest BCUT2D eigenvalue weighted by atomic mass is 16.6. The molecule has 22 heavy (non-hydrogen) atoms. The van der Waals surface area contributed by atoms with Crippen LogP contribution in [0.2, 0.25) is 0 Å². The second-order valence-corrected chi connectivity index (χ2v) is 7.73. The summed E-state index contributed by atoms with van der Waals surface area (Å²) in [5.41, 5.74) is 1.64. The van der Waals surface area contributed by atoms with Crippen LogP contribution in [0, 0.1) is 11.3 Å². The zero-order chi connectivity index (χ0) is 16.0. The minimum atomic E-state index is -0.350. The van der Waals surface area contributed by atoms with Crippen molar-refractivity contribution in [3.63, 3.8) is 0 Å². The van der Waals surface area contributed by atoms with Gasteiger partial charge in [0.15, 0.2) is 5.78 Å². The summed E-state index contributed by atoms with van der Waals surface area (Å²) in [6.07, 6.45) is 10.6. The Balaban J connectivity index is 1.97. The quantitative estimate of drug-likeness (QED) is 0.421. The Kier molecular flexibility index (Phi) is 3.88. The highest BCUT2D eigenvalue weighted by Crippen LogP contribution is 2.49. The van der Waals surface area contributed by atoms with E-state index in [-0.39, 0.29) is 28.8 Å². The van der Waals surface area contributed by atoms with Crippen LogP contribution in [0.4, 0.5) is 0 Å². The minimum absolute atomic E-state index is 0.0480. The smallest absolute Gasteiger partial charge is 0.190 e. The highest BCUT2D eigenvalue weighted by Gasteiger charge is 2.58. The molecule has 1 aliphatic heterocycles. The summed E-state index contributed by atoms with van der Waals surface area (Å²) >= 11 is 0. The summed E-state index contributed by atoms with van der Waals surface area (Å²) in [5.74, 6) is -0.235. The molecule has 2 bridgehead atoms. The van der Waals surface area contributed by atoms with Gasteiger partial charge >= 0.3 is 0 Å². The third-order valence-electron chi connectivity index (χ3n) is 5.93. The van der Waals surface area contributed by atoms with Gasteiger partial charge in [-0.3, -0.25) is 4.79 Å². The molecular weight excluding hydrogens is 276 g/mol. The third-order valence-corrected chi connectivity index (χ3v) is 5.93. The van der Waals surface area contributed by atoms with Gasteiger partial charge in [-0.15, -0.1) is 0 Å². The van der Waals surface area contributed by atoms with Crippen molar-refractivity contribution in [2.24, 2.45) is 11.3 Å². The predicted octanol–water partition coefficient (Wildman–Crippen LogP) is 3.77. The van der Waals surface area contributed by atoms with E-state index in [2.05, 4.69) is 19.9 Å². The first-order valence-corrected chi connectivity index (χ1v) is 8.43. The van der Waals surface area contributed by atoms with Crippen LogP contribution in [0.5, 0.6) is 0 Å². The molecule has 3 heteroatoms. The van der Waals surface area contributed by atoms with E-state index < -0.39 is 0 Å². The van der Waals surface area contributed by atoms with Gasteiger partial charge in [-0.25, -0.2) is 0 Å². The van der Waals surface area contributed by atoms with Crippen LogP contribution in [0.25, 0.3) is 0 Å². The molecule has 1 fully saturated rings. The van der Waals surface area contributed by atoms with Crippen molar-refractivity contribution in [2.45, 2.75) is 71.0 Å². The Hall–Kier alpha value is -1.22. The molecule has 0 aromatic heterocycles. The first kappa shape index (κ1) is 15.7. The van der Waals surface area contributed by atoms with Crippen molar-refractivity contribution in [1.82, 2.24) is 0 Å². The molecule has 0 amide bonds. The number of aldehydes is 1. The predicted molar refractivity (Wildman–Crippen MR) is 85.5 cm³/mol. The average Bonchev–Trinajstić information content (AvgIpc) is 3.15. The number of ketones is 1. The second kappa shape index (κ2) is 5.45. The maximum Gasteiger partial charge on any atom is 0.190 e. The Labute approximate surface area is 132 Å². The van der Waals surface area contributed by atoms with Gasteiger partial charge in [0.2, 0.25) is 0 Å². The van der Waals surface area contributed by atoms with Crippen LogP contribution < -0.4 is 0 Å². The number of rotatable bonds is 1. The third kappa shape index (κ3) is 2.60. The summed E-state index contributed by atoms with van der Waals surface area (Å²) in [6, 6.07) is 0. The lowest BCUT2D eigenvalue weighted by Crippen LogP contribution is -2.37. The van der Waals surface area contributed by atoms with Gasteiger partial charge in [0.1, 0.15) is 18.0 Å². The van der Waals surface area contributed by atoms with E-state index in [1.54, 1.807) is 0 Å². The lowest BCUT2D eigenvalue weighted by atomic mass is 9.63. The topological polar surface area (TPSA) is 46.7 Å². The van der Waals surface area contributed by atoms with E-state index in [1.807, 2.05) is 13.0 Å². The fourth-order valence-electron chi connectivity index (χ4n) is 4.08. The number of fused-ring (bicyclic) bond motifs is 3. The van der Waals surface area contributed by atoms with Crippen LogP contribution in [0.1, 0.15) is 59.3 Å².